The van der Waals surface area contributed by atoms with Gasteiger partial charge in [-0.25, -0.2) is 0 Å². The second kappa shape index (κ2) is 4.84. The average Bonchev–Trinajstić information content (AvgIpc) is 1.81. The molecule has 0 unspecified atom stereocenters. The van der Waals surface area contributed by atoms with Crippen molar-refractivity contribution in [3.05, 3.63) is 0 Å². The molecule has 0 N–H and O–H groups in total. The minimum absolute atomic E-state index is 0.274. The van der Waals surface area contributed by atoms with Gasteiger partial charge in [0.1, 0.15) is 6.42 Å². The van der Waals surface area contributed by atoms with E-state index in [0.717, 1.165) is 0 Å². The lowest BCUT2D eigenvalue weighted by molar-refractivity contribution is -0.231. The number of hydrogen-bond donors (Lipinski definition) is 0. The van der Waals surface area contributed by atoms with E-state index in [4.69, 9.17) is 0 Å². The second-order valence-corrected chi connectivity index (χ2v) is 3.23. The number of ether oxygens (including phenoxy) is 2. The molecule has 0 aromatic heterocycles. The molecule has 0 aromatic rings. The van der Waals surface area contributed by atoms with Crippen molar-refractivity contribution in [2.45, 2.75) is 46.3 Å². The van der Waals surface area contributed by atoms with Crippen LogP contribution >= 0.6 is 0 Å². The zero-order valence-corrected chi connectivity index (χ0v) is 8.55. The van der Waals surface area contributed by atoms with Gasteiger partial charge in [-0.1, -0.05) is 20.3 Å². The fourth-order valence-corrected chi connectivity index (χ4v) is 0.759. The van der Waals surface area contributed by atoms with Crippen LogP contribution in [0.15, 0.2) is 0 Å². The van der Waals surface area contributed by atoms with Gasteiger partial charge in [0.25, 0.3) is 5.79 Å². The fraction of sp³-hybridized carbons (Fsp3) is 0.778. The largest absolute Gasteiger partial charge is 0.423 e. The van der Waals surface area contributed by atoms with Crippen LogP contribution in [-0.4, -0.2) is 17.7 Å². The molecule has 13 heavy (non-hydrogen) atoms. The first-order valence-corrected chi connectivity index (χ1v) is 4.35. The summed E-state index contributed by atoms with van der Waals surface area (Å²) in [5.74, 6) is -2.13. The Kier molecular flexibility index (Phi) is 4.45. The molecular weight excluding hydrogens is 172 g/mol. The normalized spacial score (nSPS) is 19.4. The molecule has 0 bridgehead atoms. The molecule has 76 valence electrons. The van der Waals surface area contributed by atoms with Crippen LogP contribution in [0.2, 0.25) is 0 Å². The number of carbonyl (C=O) groups excluding carboxylic acids is 2. The Labute approximate surface area is 78.2 Å². The zero-order chi connectivity index (χ0) is 10.5. The van der Waals surface area contributed by atoms with Gasteiger partial charge in [0, 0.05) is 13.8 Å². The minimum atomic E-state index is -1.08. The predicted octanol–water partition coefficient (Wildman–Crippen LogP) is 1.63. The highest BCUT2D eigenvalue weighted by Gasteiger charge is 2.34. The van der Waals surface area contributed by atoms with Crippen molar-refractivity contribution >= 4 is 11.9 Å². The molecule has 0 atom stereocenters. The zero-order valence-electron chi connectivity index (χ0n) is 8.55. The lowest BCUT2D eigenvalue weighted by Gasteiger charge is -2.28. The molecule has 1 fully saturated rings. The van der Waals surface area contributed by atoms with Crippen LogP contribution in [0.4, 0.5) is 0 Å². The number of rotatable bonds is 0. The summed E-state index contributed by atoms with van der Waals surface area (Å²) in [6, 6.07) is 0. The Morgan fingerprint density at radius 1 is 1.15 bits per heavy atom. The van der Waals surface area contributed by atoms with Gasteiger partial charge >= 0.3 is 11.9 Å². The van der Waals surface area contributed by atoms with Crippen molar-refractivity contribution in [1.82, 2.24) is 0 Å². The summed E-state index contributed by atoms with van der Waals surface area (Å²) in [6.45, 7) is 7.28. The van der Waals surface area contributed by atoms with Gasteiger partial charge in [0.2, 0.25) is 0 Å². The Hall–Kier alpha value is -1.06. The molecule has 1 aliphatic rings. The smallest absolute Gasteiger partial charge is 0.320 e. The molecule has 4 nitrogen and oxygen atoms in total. The van der Waals surface area contributed by atoms with Crippen molar-refractivity contribution < 1.29 is 19.1 Å². The summed E-state index contributed by atoms with van der Waals surface area (Å²) < 4.78 is 9.32. The standard InChI is InChI=1S/C6H8O4.C3H8/c1-6(2)9-4(7)3-5(8)10-6;1-3-2/h3H2,1-2H3;3H2,1-2H3. The summed E-state index contributed by atoms with van der Waals surface area (Å²) in [6.07, 6.45) is 0.976. The maximum atomic E-state index is 10.6. The number of carbonyl (C=O) groups is 2. The highest BCUT2D eigenvalue weighted by atomic mass is 16.7. The number of esters is 2. The molecule has 1 saturated heterocycles. The van der Waals surface area contributed by atoms with Crippen LogP contribution in [0.3, 0.4) is 0 Å². The average molecular weight is 188 g/mol. The highest BCUT2D eigenvalue weighted by molar-refractivity contribution is 5.92. The highest BCUT2D eigenvalue weighted by Crippen LogP contribution is 2.18. The summed E-state index contributed by atoms with van der Waals surface area (Å²) in [4.78, 5) is 21.1. The quantitative estimate of drug-likeness (QED) is 0.428. The van der Waals surface area contributed by atoms with Gasteiger partial charge < -0.3 is 9.47 Å². The van der Waals surface area contributed by atoms with Gasteiger partial charge in [-0.05, 0) is 0 Å². The van der Waals surface area contributed by atoms with Gasteiger partial charge in [-0.2, -0.15) is 0 Å². The third-order valence-corrected chi connectivity index (χ3v) is 1.01. The monoisotopic (exact) mass is 188 g/mol. The van der Waals surface area contributed by atoms with Crippen LogP contribution in [-0.2, 0) is 19.1 Å². The molecule has 1 rings (SSSR count). The fourth-order valence-electron chi connectivity index (χ4n) is 0.759. The van der Waals surface area contributed by atoms with E-state index in [9.17, 15) is 9.59 Å². The summed E-state index contributed by atoms with van der Waals surface area (Å²) in [7, 11) is 0. The third kappa shape index (κ3) is 5.22. The molecule has 0 aliphatic carbocycles. The number of cyclic esters (lactones) is 2. The van der Waals surface area contributed by atoms with E-state index in [1.54, 1.807) is 0 Å². The second-order valence-electron chi connectivity index (χ2n) is 3.23. The maximum absolute atomic E-state index is 10.6. The molecule has 0 spiro atoms. The van der Waals surface area contributed by atoms with Crippen LogP contribution in [0, 0.1) is 0 Å². The van der Waals surface area contributed by atoms with Crippen molar-refractivity contribution in [3.63, 3.8) is 0 Å². The summed E-state index contributed by atoms with van der Waals surface area (Å²) >= 11 is 0. The Morgan fingerprint density at radius 2 is 1.46 bits per heavy atom. The molecule has 0 radical (unpaired) electrons. The number of hydrogen-bond acceptors (Lipinski definition) is 4. The van der Waals surface area contributed by atoms with E-state index >= 15 is 0 Å². The molecular formula is C9H16O4. The molecule has 4 heteroatoms. The van der Waals surface area contributed by atoms with Crippen LogP contribution < -0.4 is 0 Å². The van der Waals surface area contributed by atoms with Crippen molar-refractivity contribution in [2.75, 3.05) is 0 Å². The first-order valence-electron chi connectivity index (χ1n) is 4.35. The third-order valence-electron chi connectivity index (χ3n) is 1.01. The van der Waals surface area contributed by atoms with E-state index in [2.05, 4.69) is 23.3 Å². The Balaban J connectivity index is 0.000000424. The van der Waals surface area contributed by atoms with Gasteiger partial charge in [0.15, 0.2) is 0 Å². The Bertz CT molecular complexity index is 178. The first-order chi connectivity index (χ1) is 5.91. The van der Waals surface area contributed by atoms with E-state index in [1.165, 1.54) is 20.3 Å². The Morgan fingerprint density at radius 3 is 1.69 bits per heavy atom. The van der Waals surface area contributed by atoms with Gasteiger partial charge in [-0.15, -0.1) is 0 Å². The topological polar surface area (TPSA) is 52.6 Å². The van der Waals surface area contributed by atoms with Gasteiger partial charge in [-0.3, -0.25) is 9.59 Å². The lowest BCUT2D eigenvalue weighted by atomic mass is 10.3. The van der Waals surface area contributed by atoms with E-state index in [0.29, 0.717) is 0 Å². The van der Waals surface area contributed by atoms with E-state index in [-0.39, 0.29) is 6.42 Å². The lowest BCUT2D eigenvalue weighted by Crippen LogP contribution is -2.39. The molecule has 1 aliphatic heterocycles. The summed E-state index contributed by atoms with van der Waals surface area (Å²) in [5, 5.41) is 0. The van der Waals surface area contributed by atoms with E-state index < -0.39 is 17.7 Å². The SMILES string of the molecule is CC1(C)OC(=O)CC(=O)O1.CCC. The minimum Gasteiger partial charge on any atom is -0.423 e. The molecule has 0 amide bonds. The van der Waals surface area contributed by atoms with E-state index in [1.807, 2.05) is 0 Å². The first kappa shape index (κ1) is 11.9. The molecule has 0 aromatic carbocycles. The molecule has 0 saturated carbocycles. The van der Waals surface area contributed by atoms with Crippen molar-refractivity contribution in [1.29, 1.82) is 0 Å². The van der Waals surface area contributed by atoms with Gasteiger partial charge in [0.05, 0.1) is 0 Å². The van der Waals surface area contributed by atoms with Crippen molar-refractivity contribution in [2.24, 2.45) is 0 Å². The molecule has 1 heterocycles. The van der Waals surface area contributed by atoms with Crippen LogP contribution in [0.5, 0.6) is 0 Å². The predicted molar refractivity (Wildman–Crippen MR) is 46.8 cm³/mol. The maximum Gasteiger partial charge on any atom is 0.320 e. The summed E-state index contributed by atoms with van der Waals surface area (Å²) in [5.41, 5.74) is 0. The van der Waals surface area contributed by atoms with Crippen LogP contribution in [0.25, 0.3) is 0 Å². The van der Waals surface area contributed by atoms with Crippen molar-refractivity contribution in [3.8, 4) is 0 Å². The van der Waals surface area contributed by atoms with Crippen LogP contribution in [0.1, 0.15) is 40.5 Å².